The maximum Gasteiger partial charge on any atom is 0.279 e. The van der Waals surface area contributed by atoms with Gasteiger partial charge in [0.1, 0.15) is 17.3 Å². The first-order valence-electron chi connectivity index (χ1n) is 8.71. The van der Waals surface area contributed by atoms with Gasteiger partial charge < -0.3 is 9.47 Å². The first kappa shape index (κ1) is 20.2. The zero-order valence-electron chi connectivity index (χ0n) is 15.3. The van der Waals surface area contributed by atoms with Crippen molar-refractivity contribution in [3.63, 3.8) is 0 Å². The Labute approximate surface area is 157 Å². The van der Waals surface area contributed by atoms with Gasteiger partial charge in [-0.2, -0.15) is 0 Å². The molecule has 2 N–H and O–H groups in total. The third kappa shape index (κ3) is 6.62. The highest BCUT2D eigenvalue weighted by Crippen LogP contribution is 2.19. The number of benzene rings is 2. The van der Waals surface area contributed by atoms with Crippen LogP contribution in [0.2, 0.25) is 0 Å². The molecule has 0 radical (unpaired) electrons. The van der Waals surface area contributed by atoms with E-state index in [1.54, 1.807) is 0 Å². The number of carbonyl (C=O) groups is 2. The molecule has 27 heavy (non-hydrogen) atoms. The Morgan fingerprint density at radius 3 is 2.48 bits per heavy atom. The van der Waals surface area contributed by atoms with Gasteiger partial charge in [-0.05, 0) is 56.2 Å². The molecule has 2 aromatic rings. The van der Waals surface area contributed by atoms with Gasteiger partial charge in [0, 0.05) is 6.42 Å². The molecule has 2 amide bonds. The Morgan fingerprint density at radius 2 is 1.78 bits per heavy atom. The number of hydrogen-bond donors (Lipinski definition) is 2. The van der Waals surface area contributed by atoms with Crippen LogP contribution in [0.5, 0.6) is 11.5 Å². The van der Waals surface area contributed by atoms with E-state index >= 15 is 0 Å². The van der Waals surface area contributed by atoms with E-state index in [-0.39, 0.29) is 12.3 Å². The van der Waals surface area contributed by atoms with E-state index in [9.17, 15) is 14.0 Å². The number of hydrogen-bond acceptors (Lipinski definition) is 4. The largest absolute Gasteiger partial charge is 0.494 e. The van der Waals surface area contributed by atoms with Gasteiger partial charge in [-0.15, -0.1) is 0 Å². The molecule has 144 valence electrons. The Morgan fingerprint density at radius 1 is 1.07 bits per heavy atom. The Hall–Kier alpha value is -3.09. The lowest BCUT2D eigenvalue weighted by Gasteiger charge is -2.15. The summed E-state index contributed by atoms with van der Waals surface area (Å²) in [5.41, 5.74) is 5.61. The number of ether oxygens (including phenoxy) is 2. The van der Waals surface area contributed by atoms with Crippen LogP contribution in [0.4, 0.5) is 4.39 Å². The number of halogens is 1. The Kier molecular flexibility index (Phi) is 7.61. The van der Waals surface area contributed by atoms with E-state index in [2.05, 4.69) is 10.9 Å². The minimum atomic E-state index is -0.852. The summed E-state index contributed by atoms with van der Waals surface area (Å²) < 4.78 is 23.8. The molecule has 7 heteroatoms. The van der Waals surface area contributed by atoms with Gasteiger partial charge in [0.15, 0.2) is 6.10 Å². The highest BCUT2D eigenvalue weighted by molar-refractivity contribution is 5.84. The first-order chi connectivity index (χ1) is 13.0. The molecular weight excluding hydrogens is 351 g/mol. The second-order valence-corrected chi connectivity index (χ2v) is 5.79. The summed E-state index contributed by atoms with van der Waals surface area (Å²) in [6, 6.07) is 12.8. The molecule has 6 nitrogen and oxygen atoms in total. The predicted molar refractivity (Wildman–Crippen MR) is 98.7 cm³/mol. The SMILES string of the molecule is CCOc1ccccc1CCC(=O)NNC(=O)[C@H](C)Oc1ccc(F)cc1. The highest BCUT2D eigenvalue weighted by atomic mass is 19.1. The molecule has 0 aliphatic heterocycles. The fraction of sp³-hybridized carbons (Fsp3) is 0.300. The average Bonchev–Trinajstić information content (AvgIpc) is 2.67. The predicted octanol–water partition coefficient (Wildman–Crippen LogP) is 2.77. The van der Waals surface area contributed by atoms with Crippen molar-refractivity contribution in [2.45, 2.75) is 32.8 Å². The molecule has 2 rings (SSSR count). The fourth-order valence-electron chi connectivity index (χ4n) is 2.32. The third-order valence-corrected chi connectivity index (χ3v) is 3.71. The van der Waals surface area contributed by atoms with Crippen molar-refractivity contribution in [2.75, 3.05) is 6.61 Å². The van der Waals surface area contributed by atoms with Crippen LogP contribution in [0.25, 0.3) is 0 Å². The lowest BCUT2D eigenvalue weighted by atomic mass is 10.1. The van der Waals surface area contributed by atoms with Crippen LogP contribution < -0.4 is 20.3 Å². The summed E-state index contributed by atoms with van der Waals surface area (Å²) in [5.74, 6) is -0.125. The zero-order valence-corrected chi connectivity index (χ0v) is 15.3. The van der Waals surface area contributed by atoms with Crippen molar-refractivity contribution >= 4 is 11.8 Å². The normalized spacial score (nSPS) is 11.4. The number of amides is 2. The van der Waals surface area contributed by atoms with Gasteiger partial charge in [0.25, 0.3) is 5.91 Å². The van der Waals surface area contributed by atoms with Gasteiger partial charge in [-0.3, -0.25) is 20.4 Å². The molecule has 0 fully saturated rings. The third-order valence-electron chi connectivity index (χ3n) is 3.71. The Balaban J connectivity index is 1.76. The van der Waals surface area contributed by atoms with Gasteiger partial charge in [0.05, 0.1) is 6.61 Å². The molecule has 0 bridgehead atoms. The number of rotatable bonds is 8. The van der Waals surface area contributed by atoms with Crippen LogP contribution in [0, 0.1) is 5.82 Å². The van der Waals surface area contributed by atoms with E-state index in [0.717, 1.165) is 11.3 Å². The summed E-state index contributed by atoms with van der Waals surface area (Å²) in [7, 11) is 0. The van der Waals surface area contributed by atoms with E-state index in [4.69, 9.17) is 9.47 Å². The molecule has 0 aliphatic carbocycles. The van der Waals surface area contributed by atoms with Gasteiger partial charge in [-0.1, -0.05) is 18.2 Å². The van der Waals surface area contributed by atoms with Crippen LogP contribution in [0.3, 0.4) is 0 Å². The Bertz CT molecular complexity index is 765. The summed E-state index contributed by atoms with van der Waals surface area (Å²) in [6.45, 7) is 3.97. The average molecular weight is 374 g/mol. The molecule has 0 saturated carbocycles. The first-order valence-corrected chi connectivity index (χ1v) is 8.71. The van der Waals surface area contributed by atoms with E-state index in [1.807, 2.05) is 31.2 Å². The number of carbonyl (C=O) groups excluding carboxylic acids is 2. The van der Waals surface area contributed by atoms with E-state index in [1.165, 1.54) is 31.2 Å². The molecule has 0 unspecified atom stereocenters. The maximum atomic E-state index is 12.9. The van der Waals surface area contributed by atoms with Crippen molar-refractivity contribution in [1.29, 1.82) is 0 Å². The molecule has 1 atom stereocenters. The minimum Gasteiger partial charge on any atom is -0.494 e. The smallest absolute Gasteiger partial charge is 0.279 e. The van der Waals surface area contributed by atoms with E-state index < -0.39 is 17.8 Å². The van der Waals surface area contributed by atoms with Crippen molar-refractivity contribution in [2.24, 2.45) is 0 Å². The van der Waals surface area contributed by atoms with Gasteiger partial charge >= 0.3 is 0 Å². The van der Waals surface area contributed by atoms with Crippen LogP contribution >= 0.6 is 0 Å². The molecular formula is C20H23FN2O4. The van der Waals surface area contributed by atoms with Gasteiger partial charge in [-0.25, -0.2) is 4.39 Å². The molecule has 0 saturated heterocycles. The molecule has 0 aliphatic rings. The second-order valence-electron chi connectivity index (χ2n) is 5.79. The lowest BCUT2D eigenvalue weighted by molar-refractivity contribution is -0.132. The van der Waals surface area contributed by atoms with Crippen LogP contribution in [0.15, 0.2) is 48.5 Å². The van der Waals surface area contributed by atoms with E-state index in [0.29, 0.717) is 18.8 Å². The summed E-state index contributed by atoms with van der Waals surface area (Å²) in [5, 5.41) is 0. The van der Waals surface area contributed by atoms with Crippen LogP contribution in [-0.4, -0.2) is 24.5 Å². The number of para-hydroxylation sites is 1. The zero-order chi connectivity index (χ0) is 19.6. The van der Waals surface area contributed by atoms with Crippen molar-refractivity contribution in [3.8, 4) is 11.5 Å². The summed E-state index contributed by atoms with van der Waals surface area (Å²) >= 11 is 0. The van der Waals surface area contributed by atoms with Crippen molar-refractivity contribution < 1.29 is 23.5 Å². The monoisotopic (exact) mass is 374 g/mol. The van der Waals surface area contributed by atoms with Crippen LogP contribution in [-0.2, 0) is 16.0 Å². The topological polar surface area (TPSA) is 76.7 Å². The maximum absolute atomic E-state index is 12.9. The molecule has 0 heterocycles. The fourth-order valence-corrected chi connectivity index (χ4v) is 2.32. The van der Waals surface area contributed by atoms with Crippen LogP contribution in [0.1, 0.15) is 25.8 Å². The summed E-state index contributed by atoms with van der Waals surface area (Å²) in [6.07, 6.45) is -0.175. The minimum absolute atomic E-state index is 0.192. The number of aryl methyl sites for hydroxylation is 1. The highest BCUT2D eigenvalue weighted by Gasteiger charge is 2.15. The van der Waals surface area contributed by atoms with Crippen molar-refractivity contribution in [1.82, 2.24) is 10.9 Å². The number of nitrogens with one attached hydrogen (secondary N) is 2. The second kappa shape index (κ2) is 10.2. The standard InChI is InChI=1S/C20H23FN2O4/c1-3-26-18-7-5-4-6-15(18)8-13-19(24)22-23-20(25)14(2)27-17-11-9-16(21)10-12-17/h4-7,9-12,14H,3,8,13H2,1-2H3,(H,22,24)(H,23,25)/t14-/m0/s1. The molecule has 0 spiro atoms. The lowest BCUT2D eigenvalue weighted by Crippen LogP contribution is -2.47. The quantitative estimate of drug-likeness (QED) is 0.697. The molecule has 2 aromatic carbocycles. The van der Waals surface area contributed by atoms with Gasteiger partial charge in [0.2, 0.25) is 5.91 Å². The summed E-state index contributed by atoms with van der Waals surface area (Å²) in [4.78, 5) is 23.9. The molecule has 0 aromatic heterocycles. The number of hydrazine groups is 1. The van der Waals surface area contributed by atoms with Crippen molar-refractivity contribution in [3.05, 3.63) is 59.9 Å².